The molecule has 0 unspecified atom stereocenters. The third kappa shape index (κ3) is 3.01. The normalized spacial score (nSPS) is 15.8. The van der Waals surface area contributed by atoms with Crippen LogP contribution in [0.15, 0.2) is 79.0 Å². The molecule has 1 N–H and O–H groups in total. The van der Waals surface area contributed by atoms with Crippen molar-refractivity contribution >= 4 is 28.3 Å². The summed E-state index contributed by atoms with van der Waals surface area (Å²) in [6.07, 6.45) is 2.26. The van der Waals surface area contributed by atoms with Crippen LogP contribution in [0, 0.1) is 0 Å². The molecule has 0 saturated heterocycles. The van der Waals surface area contributed by atoms with E-state index in [1.165, 1.54) is 5.56 Å². The van der Waals surface area contributed by atoms with Crippen molar-refractivity contribution in [2.75, 3.05) is 10.2 Å². The van der Waals surface area contributed by atoms with Crippen molar-refractivity contribution in [2.45, 2.75) is 19.5 Å². The average molecular weight is 380 g/mol. The third-order valence-corrected chi connectivity index (χ3v) is 5.30. The fraction of sp³-hybridized carbons (Fsp3) is 0.125. The van der Waals surface area contributed by atoms with Crippen molar-refractivity contribution < 1.29 is 4.79 Å². The summed E-state index contributed by atoms with van der Waals surface area (Å²) in [5, 5.41) is 3.49. The van der Waals surface area contributed by atoms with E-state index in [0.29, 0.717) is 11.3 Å². The zero-order valence-corrected chi connectivity index (χ0v) is 16.0. The van der Waals surface area contributed by atoms with E-state index in [2.05, 4.69) is 29.4 Å². The molecule has 2 heterocycles. The van der Waals surface area contributed by atoms with Crippen LogP contribution < -0.4 is 10.2 Å². The number of fused-ring (bicyclic) bond motifs is 2. The molecule has 5 nitrogen and oxygen atoms in total. The van der Waals surface area contributed by atoms with Crippen LogP contribution in [0.2, 0.25) is 0 Å². The lowest BCUT2D eigenvalue weighted by atomic mass is 10.0. The first kappa shape index (κ1) is 17.4. The van der Waals surface area contributed by atoms with Crippen LogP contribution in [0.25, 0.3) is 11.0 Å². The number of aryl methyl sites for hydroxylation is 1. The lowest BCUT2D eigenvalue weighted by molar-refractivity contribution is 0.0974. The molecule has 5 heteroatoms. The zero-order chi connectivity index (χ0) is 19.8. The lowest BCUT2D eigenvalue weighted by Gasteiger charge is -2.37. The number of carbonyl (C=O) groups excluding carboxylic acids is 1. The van der Waals surface area contributed by atoms with E-state index in [-0.39, 0.29) is 5.91 Å². The summed E-state index contributed by atoms with van der Waals surface area (Å²) < 4.78 is 0. The van der Waals surface area contributed by atoms with E-state index in [9.17, 15) is 4.79 Å². The lowest BCUT2D eigenvalue weighted by Crippen LogP contribution is -2.43. The van der Waals surface area contributed by atoms with Gasteiger partial charge in [-0.3, -0.25) is 14.7 Å². The number of rotatable bonds is 3. The van der Waals surface area contributed by atoms with Gasteiger partial charge in [0.05, 0.1) is 22.8 Å². The monoisotopic (exact) mass is 380 g/mol. The number of para-hydroxylation sites is 3. The molecule has 4 aromatic rings. The van der Waals surface area contributed by atoms with Gasteiger partial charge in [-0.05, 0) is 48.4 Å². The Morgan fingerprint density at radius 2 is 1.66 bits per heavy atom. The largest absolute Gasteiger partial charge is 0.359 e. The molecular formula is C24H20N4O. The van der Waals surface area contributed by atoms with Crippen LogP contribution in [-0.2, 0) is 6.42 Å². The van der Waals surface area contributed by atoms with Gasteiger partial charge in [0.25, 0.3) is 5.91 Å². The number of nitrogens with zero attached hydrogens (tertiary/aromatic N) is 3. The number of hydrogen-bond donors (Lipinski definition) is 1. The van der Waals surface area contributed by atoms with Crippen LogP contribution in [0.4, 0.5) is 11.4 Å². The highest BCUT2D eigenvalue weighted by Crippen LogP contribution is 2.36. The first-order valence-corrected chi connectivity index (χ1v) is 9.74. The van der Waals surface area contributed by atoms with Gasteiger partial charge in [-0.1, -0.05) is 43.3 Å². The number of hydrogen-bond acceptors (Lipinski definition) is 4. The smallest absolute Gasteiger partial charge is 0.262 e. The minimum absolute atomic E-state index is 0.0523. The summed E-state index contributed by atoms with van der Waals surface area (Å²) in [4.78, 5) is 24.6. The summed E-state index contributed by atoms with van der Waals surface area (Å²) in [6, 6.07) is 23.4. The Bertz CT molecular complexity index is 1200. The van der Waals surface area contributed by atoms with Gasteiger partial charge in [0.2, 0.25) is 0 Å². The third-order valence-electron chi connectivity index (χ3n) is 5.30. The molecule has 0 fully saturated rings. The molecule has 3 aromatic carbocycles. The maximum Gasteiger partial charge on any atom is 0.262 e. The second-order valence-electron chi connectivity index (χ2n) is 7.07. The summed E-state index contributed by atoms with van der Waals surface area (Å²) in [5.41, 5.74) is 5.85. The molecular weight excluding hydrogens is 360 g/mol. The highest BCUT2D eigenvalue weighted by molar-refractivity contribution is 6.12. The fourth-order valence-corrected chi connectivity index (χ4v) is 3.72. The van der Waals surface area contributed by atoms with Crippen LogP contribution in [0.1, 0.15) is 34.7 Å². The van der Waals surface area contributed by atoms with Crippen LogP contribution in [0.3, 0.4) is 0 Å². The molecule has 1 aliphatic heterocycles. The van der Waals surface area contributed by atoms with Crippen molar-refractivity contribution in [3.05, 3.63) is 95.8 Å². The molecule has 0 saturated carbocycles. The van der Waals surface area contributed by atoms with Crippen molar-refractivity contribution in [3.63, 3.8) is 0 Å². The number of amides is 1. The highest BCUT2D eigenvalue weighted by Gasteiger charge is 2.35. The Balaban J connectivity index is 1.65. The second kappa shape index (κ2) is 7.02. The minimum atomic E-state index is -0.443. The molecule has 1 aliphatic rings. The molecule has 0 radical (unpaired) electrons. The van der Waals surface area contributed by atoms with Crippen molar-refractivity contribution in [3.8, 4) is 0 Å². The maximum absolute atomic E-state index is 13.5. The van der Waals surface area contributed by atoms with Crippen LogP contribution >= 0.6 is 0 Å². The number of benzene rings is 3. The van der Waals surface area contributed by atoms with Crippen molar-refractivity contribution in [1.29, 1.82) is 0 Å². The molecule has 1 aromatic heterocycles. The van der Waals surface area contributed by atoms with E-state index in [4.69, 9.17) is 4.98 Å². The van der Waals surface area contributed by atoms with Crippen molar-refractivity contribution in [1.82, 2.24) is 9.97 Å². The van der Waals surface area contributed by atoms with E-state index in [1.807, 2.05) is 60.7 Å². The molecule has 0 spiro atoms. The molecule has 0 bridgehead atoms. The zero-order valence-electron chi connectivity index (χ0n) is 16.0. The quantitative estimate of drug-likeness (QED) is 0.546. The van der Waals surface area contributed by atoms with Gasteiger partial charge in [-0.15, -0.1) is 0 Å². The first-order chi connectivity index (χ1) is 14.2. The summed E-state index contributed by atoms with van der Waals surface area (Å²) in [6.45, 7) is 2.12. The van der Waals surface area contributed by atoms with Crippen LogP contribution in [-0.4, -0.2) is 15.9 Å². The number of nitrogens with one attached hydrogen (secondary N) is 1. The first-order valence-electron chi connectivity index (χ1n) is 9.74. The Morgan fingerprint density at radius 1 is 0.931 bits per heavy atom. The van der Waals surface area contributed by atoms with Gasteiger partial charge in [-0.2, -0.15) is 0 Å². The van der Waals surface area contributed by atoms with E-state index >= 15 is 0 Å². The van der Waals surface area contributed by atoms with Gasteiger partial charge >= 0.3 is 0 Å². The maximum atomic E-state index is 13.5. The van der Waals surface area contributed by atoms with Gasteiger partial charge in [-0.25, -0.2) is 4.98 Å². The summed E-state index contributed by atoms with van der Waals surface area (Å²) in [5.74, 6) is -0.0523. The number of anilines is 2. The summed E-state index contributed by atoms with van der Waals surface area (Å²) >= 11 is 0. The van der Waals surface area contributed by atoms with E-state index in [1.54, 1.807) is 11.1 Å². The molecule has 1 atom stereocenters. The van der Waals surface area contributed by atoms with Gasteiger partial charge in [0.1, 0.15) is 5.69 Å². The molecule has 29 heavy (non-hydrogen) atoms. The number of carbonyl (C=O) groups is 1. The number of aromatic nitrogens is 2. The van der Waals surface area contributed by atoms with Gasteiger partial charge < -0.3 is 5.32 Å². The molecule has 5 rings (SSSR count). The fourth-order valence-electron chi connectivity index (χ4n) is 3.72. The Kier molecular flexibility index (Phi) is 4.21. The Morgan fingerprint density at radius 3 is 2.45 bits per heavy atom. The van der Waals surface area contributed by atoms with E-state index in [0.717, 1.165) is 28.8 Å². The van der Waals surface area contributed by atoms with Gasteiger partial charge in [0.15, 0.2) is 6.17 Å². The standard InChI is InChI=1S/C24H20N4O/c1-2-16-11-13-17(14-12-16)28-23(27-19-8-4-3-7-18(19)24(28)29)22-15-25-20-9-5-6-10-21(20)26-22/h3-15,23,27H,2H2,1H3/t23-/m0/s1. The topological polar surface area (TPSA) is 58.1 Å². The second-order valence-corrected chi connectivity index (χ2v) is 7.07. The van der Waals surface area contributed by atoms with Crippen molar-refractivity contribution in [2.24, 2.45) is 0 Å². The minimum Gasteiger partial charge on any atom is -0.359 e. The molecule has 0 aliphatic carbocycles. The highest BCUT2D eigenvalue weighted by atomic mass is 16.2. The Labute approximate surface area is 169 Å². The molecule has 142 valence electrons. The predicted molar refractivity (Wildman–Crippen MR) is 115 cm³/mol. The van der Waals surface area contributed by atoms with E-state index < -0.39 is 6.17 Å². The molecule has 1 amide bonds. The summed E-state index contributed by atoms with van der Waals surface area (Å²) in [7, 11) is 0. The van der Waals surface area contributed by atoms with Gasteiger partial charge in [0, 0.05) is 11.4 Å². The predicted octanol–water partition coefficient (Wildman–Crippen LogP) is 4.96. The SMILES string of the molecule is CCc1ccc(N2C(=O)c3ccccc3N[C@@H]2c2cnc3ccccc3n2)cc1. The Hall–Kier alpha value is -3.73. The van der Waals surface area contributed by atoms with Crippen LogP contribution in [0.5, 0.6) is 0 Å². The average Bonchev–Trinajstić information content (AvgIpc) is 2.79.